The third-order valence-corrected chi connectivity index (χ3v) is 5.96. The fraction of sp³-hybridized carbons (Fsp3) is 0.316. The molecule has 0 aliphatic carbocycles. The maximum Gasteiger partial charge on any atom is 0.224 e. The molecule has 0 radical (unpaired) electrons. The Bertz CT molecular complexity index is 979. The van der Waals surface area contributed by atoms with E-state index in [1.165, 1.54) is 21.6 Å². The summed E-state index contributed by atoms with van der Waals surface area (Å²) in [4.78, 5) is 22.7. The van der Waals surface area contributed by atoms with Gasteiger partial charge in [0.1, 0.15) is 17.0 Å². The quantitative estimate of drug-likeness (QED) is 0.735. The number of anilines is 2. The second-order valence-electron chi connectivity index (χ2n) is 6.52. The number of rotatable bonds is 3. The number of carbonyl (C=O) groups excluding carboxylic acids is 1. The van der Waals surface area contributed by atoms with Gasteiger partial charge in [0.25, 0.3) is 0 Å². The van der Waals surface area contributed by atoms with Crippen LogP contribution in [0.2, 0.25) is 0 Å². The largest absolute Gasteiger partial charge is 0.363 e. The Balaban J connectivity index is 1.65. The van der Waals surface area contributed by atoms with Crippen molar-refractivity contribution >= 4 is 39.0 Å². The van der Waals surface area contributed by atoms with E-state index in [2.05, 4.69) is 53.5 Å². The van der Waals surface area contributed by atoms with Crippen molar-refractivity contribution in [3.63, 3.8) is 0 Å². The molecule has 5 nitrogen and oxygen atoms in total. The van der Waals surface area contributed by atoms with Gasteiger partial charge in [0, 0.05) is 23.0 Å². The van der Waals surface area contributed by atoms with Crippen LogP contribution in [0.4, 0.5) is 11.5 Å². The van der Waals surface area contributed by atoms with Gasteiger partial charge in [-0.1, -0.05) is 12.1 Å². The standard InChI is InChI=1S/C19H20N4OS/c1-10-12(3)25-19-17(10)18(20-9-21-19)22-11(2)13-4-6-15-14(8-13)5-7-16(24)23-15/h4,6,8-9,11H,5,7H2,1-3H3,(H,23,24)(H,20,21,22)/t11-/m0/s1. The molecule has 4 rings (SSSR count). The Morgan fingerprint density at radius 3 is 2.92 bits per heavy atom. The molecule has 1 atom stereocenters. The number of hydrogen-bond donors (Lipinski definition) is 2. The van der Waals surface area contributed by atoms with E-state index in [0.717, 1.165) is 28.1 Å². The minimum atomic E-state index is 0.0955. The number of carbonyl (C=O) groups is 1. The Kier molecular flexibility index (Phi) is 3.92. The summed E-state index contributed by atoms with van der Waals surface area (Å²) in [5.74, 6) is 0.975. The third-order valence-electron chi connectivity index (χ3n) is 4.84. The van der Waals surface area contributed by atoms with E-state index in [4.69, 9.17) is 0 Å². The molecule has 1 aliphatic rings. The molecule has 0 spiro atoms. The smallest absolute Gasteiger partial charge is 0.224 e. The molecule has 6 heteroatoms. The number of thiophene rings is 1. The first-order valence-electron chi connectivity index (χ1n) is 8.43. The molecule has 0 bridgehead atoms. The number of benzene rings is 1. The summed E-state index contributed by atoms with van der Waals surface area (Å²) in [5, 5.41) is 7.58. The molecule has 3 heterocycles. The predicted molar refractivity (Wildman–Crippen MR) is 102 cm³/mol. The van der Waals surface area contributed by atoms with Crippen LogP contribution in [0.15, 0.2) is 24.5 Å². The maximum absolute atomic E-state index is 11.5. The normalized spacial score (nSPS) is 14.9. The van der Waals surface area contributed by atoms with E-state index < -0.39 is 0 Å². The van der Waals surface area contributed by atoms with Gasteiger partial charge in [0.05, 0.1) is 5.39 Å². The molecule has 0 saturated carbocycles. The van der Waals surface area contributed by atoms with Crippen molar-refractivity contribution in [1.82, 2.24) is 9.97 Å². The molecule has 1 aliphatic heterocycles. The number of amides is 1. The highest BCUT2D eigenvalue weighted by Gasteiger charge is 2.18. The number of nitrogens with zero attached hydrogens (tertiary/aromatic N) is 2. The maximum atomic E-state index is 11.5. The van der Waals surface area contributed by atoms with E-state index in [1.807, 2.05) is 6.07 Å². The molecule has 25 heavy (non-hydrogen) atoms. The summed E-state index contributed by atoms with van der Waals surface area (Å²) in [7, 11) is 0. The van der Waals surface area contributed by atoms with E-state index in [9.17, 15) is 4.79 Å². The Hall–Kier alpha value is -2.47. The Labute approximate surface area is 150 Å². The van der Waals surface area contributed by atoms with Crippen LogP contribution in [-0.2, 0) is 11.2 Å². The molecule has 1 amide bonds. The van der Waals surface area contributed by atoms with Crippen molar-refractivity contribution < 1.29 is 4.79 Å². The van der Waals surface area contributed by atoms with Crippen molar-refractivity contribution in [2.75, 3.05) is 10.6 Å². The van der Waals surface area contributed by atoms with Crippen LogP contribution in [0.1, 0.15) is 41.0 Å². The van der Waals surface area contributed by atoms with Gasteiger partial charge in [-0.15, -0.1) is 11.3 Å². The number of aromatic nitrogens is 2. The first kappa shape index (κ1) is 16.0. The summed E-state index contributed by atoms with van der Waals surface area (Å²) in [6.07, 6.45) is 2.97. The molecule has 3 aromatic rings. The summed E-state index contributed by atoms with van der Waals surface area (Å²) in [5.41, 5.74) is 4.55. The van der Waals surface area contributed by atoms with Crippen LogP contribution in [0.5, 0.6) is 0 Å². The lowest BCUT2D eigenvalue weighted by molar-refractivity contribution is -0.116. The number of aryl methyl sites for hydroxylation is 3. The second kappa shape index (κ2) is 6.11. The van der Waals surface area contributed by atoms with Gasteiger partial charge in [0.15, 0.2) is 0 Å². The van der Waals surface area contributed by atoms with E-state index >= 15 is 0 Å². The first-order chi connectivity index (χ1) is 12.0. The predicted octanol–water partition coefficient (Wildman–Crippen LogP) is 4.37. The lowest BCUT2D eigenvalue weighted by Crippen LogP contribution is -2.19. The summed E-state index contributed by atoms with van der Waals surface area (Å²) in [6, 6.07) is 6.35. The summed E-state index contributed by atoms with van der Waals surface area (Å²) in [6.45, 7) is 6.37. The van der Waals surface area contributed by atoms with Gasteiger partial charge >= 0.3 is 0 Å². The molecule has 0 saturated heterocycles. The van der Waals surface area contributed by atoms with Crippen LogP contribution >= 0.6 is 11.3 Å². The summed E-state index contributed by atoms with van der Waals surface area (Å²) < 4.78 is 0. The van der Waals surface area contributed by atoms with Crippen LogP contribution < -0.4 is 10.6 Å². The van der Waals surface area contributed by atoms with E-state index in [1.54, 1.807) is 17.7 Å². The zero-order chi connectivity index (χ0) is 17.6. The lowest BCUT2D eigenvalue weighted by Gasteiger charge is -2.21. The SMILES string of the molecule is Cc1sc2ncnc(N[C@@H](C)c3ccc4c(c3)CCC(=O)N4)c2c1C. The monoisotopic (exact) mass is 352 g/mol. The summed E-state index contributed by atoms with van der Waals surface area (Å²) >= 11 is 1.70. The number of hydrogen-bond acceptors (Lipinski definition) is 5. The van der Waals surface area contributed by atoms with E-state index in [-0.39, 0.29) is 11.9 Å². The number of nitrogens with one attached hydrogen (secondary N) is 2. The molecule has 2 N–H and O–H groups in total. The Morgan fingerprint density at radius 2 is 2.08 bits per heavy atom. The fourth-order valence-electron chi connectivity index (χ4n) is 3.25. The van der Waals surface area contributed by atoms with Crippen LogP contribution in [0, 0.1) is 13.8 Å². The molecular weight excluding hydrogens is 332 g/mol. The topological polar surface area (TPSA) is 66.9 Å². The van der Waals surface area contributed by atoms with Gasteiger partial charge in [-0.3, -0.25) is 4.79 Å². The average Bonchev–Trinajstić information content (AvgIpc) is 2.89. The first-order valence-corrected chi connectivity index (χ1v) is 9.24. The van der Waals surface area contributed by atoms with Crippen LogP contribution in [0.25, 0.3) is 10.2 Å². The molecule has 128 valence electrons. The van der Waals surface area contributed by atoms with Gasteiger partial charge in [0.2, 0.25) is 5.91 Å². The minimum Gasteiger partial charge on any atom is -0.363 e. The van der Waals surface area contributed by atoms with Crippen molar-refractivity contribution in [1.29, 1.82) is 0 Å². The van der Waals surface area contributed by atoms with E-state index in [0.29, 0.717) is 6.42 Å². The zero-order valence-electron chi connectivity index (χ0n) is 14.5. The van der Waals surface area contributed by atoms with Gasteiger partial charge in [-0.05, 0) is 49.9 Å². The highest BCUT2D eigenvalue weighted by atomic mass is 32.1. The molecule has 0 fully saturated rings. The molecule has 1 aromatic carbocycles. The van der Waals surface area contributed by atoms with Crippen molar-refractivity contribution in [2.45, 2.75) is 39.7 Å². The van der Waals surface area contributed by atoms with Gasteiger partial charge < -0.3 is 10.6 Å². The minimum absolute atomic E-state index is 0.0955. The number of fused-ring (bicyclic) bond motifs is 2. The highest BCUT2D eigenvalue weighted by Crippen LogP contribution is 2.34. The van der Waals surface area contributed by atoms with Gasteiger partial charge in [-0.25, -0.2) is 9.97 Å². The third kappa shape index (κ3) is 2.87. The lowest BCUT2D eigenvalue weighted by atomic mass is 9.98. The zero-order valence-corrected chi connectivity index (χ0v) is 15.3. The molecule has 0 unspecified atom stereocenters. The van der Waals surface area contributed by atoms with Crippen LogP contribution in [-0.4, -0.2) is 15.9 Å². The highest BCUT2D eigenvalue weighted by molar-refractivity contribution is 7.18. The van der Waals surface area contributed by atoms with Crippen LogP contribution in [0.3, 0.4) is 0 Å². The van der Waals surface area contributed by atoms with Crippen molar-refractivity contribution in [2.24, 2.45) is 0 Å². The van der Waals surface area contributed by atoms with Crippen molar-refractivity contribution in [3.05, 3.63) is 46.1 Å². The Morgan fingerprint density at radius 1 is 1.24 bits per heavy atom. The molecule has 2 aromatic heterocycles. The fourth-order valence-corrected chi connectivity index (χ4v) is 4.25. The second-order valence-corrected chi connectivity index (χ2v) is 7.72. The molecular formula is C19H20N4OS. The average molecular weight is 352 g/mol. The van der Waals surface area contributed by atoms with Crippen molar-refractivity contribution in [3.8, 4) is 0 Å². The van der Waals surface area contributed by atoms with Gasteiger partial charge in [-0.2, -0.15) is 0 Å².